The van der Waals surface area contributed by atoms with Gasteiger partial charge in [-0.05, 0) is 79.7 Å². The Bertz CT molecular complexity index is 1310. The van der Waals surface area contributed by atoms with E-state index < -0.39 is 39.7 Å². The summed E-state index contributed by atoms with van der Waals surface area (Å²) in [4.78, 5) is 35.6. The summed E-state index contributed by atoms with van der Waals surface area (Å²) in [6.07, 6.45) is -1.16. The van der Waals surface area contributed by atoms with Crippen LogP contribution in [0.25, 0.3) is 0 Å². The summed E-state index contributed by atoms with van der Waals surface area (Å²) in [6, 6.07) is 15.5. The number of carbonyl (C=O) groups excluding carboxylic acids is 3. The van der Waals surface area contributed by atoms with E-state index in [2.05, 4.69) is 10.0 Å². The van der Waals surface area contributed by atoms with E-state index in [0.717, 1.165) is 12.1 Å². The highest BCUT2D eigenvalue weighted by Crippen LogP contribution is 2.18. The molecule has 9 nitrogen and oxygen atoms in total. The molecule has 0 aliphatic heterocycles. The van der Waals surface area contributed by atoms with Crippen LogP contribution in [0.4, 0.5) is 15.8 Å². The maximum absolute atomic E-state index is 13.0. The van der Waals surface area contributed by atoms with Gasteiger partial charge in [-0.1, -0.05) is 0 Å². The molecule has 0 unspecified atom stereocenters. The Morgan fingerprint density at radius 1 is 0.853 bits per heavy atom. The Labute approximate surface area is 194 Å². The van der Waals surface area contributed by atoms with Gasteiger partial charge in [-0.2, -0.15) is 0 Å². The van der Waals surface area contributed by atoms with Crippen LogP contribution >= 0.6 is 0 Å². The van der Waals surface area contributed by atoms with Gasteiger partial charge in [0.1, 0.15) is 5.82 Å². The molecule has 0 bridgehead atoms. The first kappa shape index (κ1) is 24.4. The topological polar surface area (TPSA) is 145 Å². The zero-order valence-electron chi connectivity index (χ0n) is 17.8. The molecule has 0 saturated heterocycles. The van der Waals surface area contributed by atoms with Gasteiger partial charge in [0, 0.05) is 16.9 Å². The van der Waals surface area contributed by atoms with Gasteiger partial charge in [0.05, 0.1) is 10.5 Å². The Morgan fingerprint density at radius 3 is 1.94 bits per heavy atom. The molecule has 11 heteroatoms. The number of hydrogen-bond donors (Lipinski definition) is 3. The van der Waals surface area contributed by atoms with Crippen molar-refractivity contribution in [2.24, 2.45) is 5.73 Å². The molecule has 3 rings (SSSR count). The minimum atomic E-state index is -3.97. The van der Waals surface area contributed by atoms with Crippen molar-refractivity contribution >= 4 is 39.2 Å². The molecule has 34 heavy (non-hydrogen) atoms. The van der Waals surface area contributed by atoms with Crippen LogP contribution in [0.1, 0.15) is 27.6 Å². The molecule has 0 aromatic heterocycles. The zero-order chi connectivity index (χ0) is 24.9. The SMILES string of the molecule is C[C@H](OC(=O)c1ccc(S(=O)(=O)Nc2ccc(F)cc2)cc1)C(=O)Nc1ccc(C(N)=O)cc1. The lowest BCUT2D eigenvalue weighted by atomic mass is 10.2. The second-order valence-electron chi connectivity index (χ2n) is 7.12. The average molecular weight is 485 g/mol. The van der Waals surface area contributed by atoms with Crippen LogP contribution < -0.4 is 15.8 Å². The fourth-order valence-corrected chi connectivity index (χ4v) is 3.80. The van der Waals surface area contributed by atoms with Gasteiger partial charge in [0.2, 0.25) is 5.91 Å². The number of anilines is 2. The summed E-state index contributed by atoms with van der Waals surface area (Å²) in [7, 11) is -3.97. The van der Waals surface area contributed by atoms with Gasteiger partial charge in [0.15, 0.2) is 6.10 Å². The van der Waals surface area contributed by atoms with Crippen LogP contribution in [0.5, 0.6) is 0 Å². The number of sulfonamides is 1. The number of benzene rings is 3. The van der Waals surface area contributed by atoms with E-state index in [9.17, 15) is 27.2 Å². The van der Waals surface area contributed by atoms with Crippen molar-refractivity contribution in [1.82, 2.24) is 0 Å². The molecular weight excluding hydrogens is 465 g/mol. The van der Waals surface area contributed by atoms with Crippen molar-refractivity contribution in [1.29, 1.82) is 0 Å². The second kappa shape index (κ2) is 10.1. The molecule has 0 radical (unpaired) electrons. The zero-order valence-corrected chi connectivity index (χ0v) is 18.6. The van der Waals surface area contributed by atoms with E-state index in [4.69, 9.17) is 10.5 Å². The molecule has 0 aliphatic rings. The standard InChI is InChI=1S/C23H20FN3O6S/c1-14(22(29)26-18-8-2-15(3-9-18)21(25)28)33-23(30)16-4-12-20(13-5-16)34(31,32)27-19-10-6-17(24)7-11-19/h2-14,27H,1H3,(H2,25,28)(H,26,29)/t14-/m0/s1. The number of esters is 1. The molecule has 2 amide bonds. The predicted octanol–water partition coefficient (Wildman–Crippen LogP) is 2.91. The van der Waals surface area contributed by atoms with Crippen LogP contribution in [0, 0.1) is 5.82 Å². The lowest BCUT2D eigenvalue weighted by Crippen LogP contribution is -2.30. The normalized spacial score (nSPS) is 11.8. The lowest BCUT2D eigenvalue weighted by molar-refractivity contribution is -0.123. The van der Waals surface area contributed by atoms with Crippen molar-refractivity contribution in [2.75, 3.05) is 10.0 Å². The Morgan fingerprint density at radius 2 is 1.38 bits per heavy atom. The number of nitrogens with one attached hydrogen (secondary N) is 2. The maximum atomic E-state index is 13.0. The summed E-state index contributed by atoms with van der Waals surface area (Å²) >= 11 is 0. The summed E-state index contributed by atoms with van der Waals surface area (Å²) in [5.74, 6) is -2.55. The monoisotopic (exact) mass is 485 g/mol. The highest BCUT2D eigenvalue weighted by molar-refractivity contribution is 7.92. The average Bonchev–Trinajstić information content (AvgIpc) is 2.80. The molecule has 3 aromatic rings. The van der Waals surface area contributed by atoms with Gasteiger partial charge in [-0.25, -0.2) is 17.6 Å². The van der Waals surface area contributed by atoms with Gasteiger partial charge in [0.25, 0.3) is 15.9 Å². The molecule has 3 aromatic carbocycles. The first-order valence-electron chi connectivity index (χ1n) is 9.85. The number of hydrogen-bond acceptors (Lipinski definition) is 6. The van der Waals surface area contributed by atoms with E-state index in [0.29, 0.717) is 5.69 Å². The van der Waals surface area contributed by atoms with Crippen molar-refractivity contribution in [3.05, 3.63) is 89.7 Å². The second-order valence-corrected chi connectivity index (χ2v) is 8.80. The summed E-state index contributed by atoms with van der Waals surface area (Å²) in [6.45, 7) is 1.37. The molecule has 0 saturated carbocycles. The van der Waals surface area contributed by atoms with Crippen molar-refractivity contribution in [3.8, 4) is 0 Å². The molecular formula is C23H20FN3O6S. The quantitative estimate of drug-likeness (QED) is 0.419. The maximum Gasteiger partial charge on any atom is 0.338 e. The van der Waals surface area contributed by atoms with Gasteiger partial charge < -0.3 is 15.8 Å². The molecule has 0 fully saturated rings. The summed E-state index contributed by atoms with van der Waals surface area (Å²) < 4.78 is 45.4. The minimum absolute atomic E-state index is 0.0335. The van der Waals surface area contributed by atoms with Crippen molar-refractivity contribution in [3.63, 3.8) is 0 Å². The summed E-state index contributed by atoms with van der Waals surface area (Å²) in [5.41, 5.74) is 6.02. The van der Waals surface area contributed by atoms with Crippen molar-refractivity contribution in [2.45, 2.75) is 17.9 Å². The minimum Gasteiger partial charge on any atom is -0.449 e. The number of nitrogens with two attached hydrogens (primary N) is 1. The largest absolute Gasteiger partial charge is 0.449 e. The third-order valence-corrected chi connectivity index (χ3v) is 5.98. The molecule has 0 heterocycles. The van der Waals surface area contributed by atoms with Crippen LogP contribution in [0.3, 0.4) is 0 Å². The lowest BCUT2D eigenvalue weighted by Gasteiger charge is -2.14. The summed E-state index contributed by atoms with van der Waals surface area (Å²) in [5, 5.41) is 2.54. The van der Waals surface area contributed by atoms with Crippen LogP contribution in [0.15, 0.2) is 77.7 Å². The van der Waals surface area contributed by atoms with Gasteiger partial charge in [-0.15, -0.1) is 0 Å². The van der Waals surface area contributed by atoms with E-state index in [-0.39, 0.29) is 21.7 Å². The third-order valence-electron chi connectivity index (χ3n) is 4.59. The number of rotatable bonds is 8. The molecule has 1 atom stereocenters. The van der Waals surface area contributed by atoms with Gasteiger partial charge >= 0.3 is 5.97 Å². The fourth-order valence-electron chi connectivity index (χ4n) is 2.75. The number of carbonyl (C=O) groups is 3. The molecule has 0 spiro atoms. The molecule has 176 valence electrons. The fraction of sp³-hybridized carbons (Fsp3) is 0.0870. The first-order chi connectivity index (χ1) is 16.0. The molecule has 0 aliphatic carbocycles. The Kier molecular flexibility index (Phi) is 7.27. The Balaban J connectivity index is 1.60. The van der Waals surface area contributed by atoms with E-state index in [1.807, 2.05) is 0 Å². The smallest absolute Gasteiger partial charge is 0.338 e. The number of ether oxygens (including phenoxy) is 1. The number of primary amides is 1. The molecule has 4 N–H and O–H groups in total. The van der Waals surface area contributed by atoms with E-state index >= 15 is 0 Å². The van der Waals surface area contributed by atoms with E-state index in [1.54, 1.807) is 0 Å². The van der Waals surface area contributed by atoms with Gasteiger partial charge in [-0.3, -0.25) is 14.3 Å². The van der Waals surface area contributed by atoms with Crippen LogP contribution in [-0.2, 0) is 19.6 Å². The highest BCUT2D eigenvalue weighted by atomic mass is 32.2. The third kappa shape index (κ3) is 6.17. The predicted molar refractivity (Wildman–Crippen MR) is 122 cm³/mol. The van der Waals surface area contributed by atoms with Crippen molar-refractivity contribution < 1.29 is 31.9 Å². The first-order valence-corrected chi connectivity index (χ1v) is 11.3. The number of halogens is 1. The van der Waals surface area contributed by atoms with Crippen LogP contribution in [0.2, 0.25) is 0 Å². The number of amides is 2. The highest BCUT2D eigenvalue weighted by Gasteiger charge is 2.20. The van der Waals surface area contributed by atoms with E-state index in [1.165, 1.54) is 67.6 Å². The van der Waals surface area contributed by atoms with Crippen LogP contribution in [-0.4, -0.2) is 32.3 Å². The Hall–Kier alpha value is -4.25.